The molecule has 2 N–H and O–H groups in total. The highest BCUT2D eigenvalue weighted by molar-refractivity contribution is 6.39. The Balaban J connectivity index is 1.65. The molecule has 0 aliphatic carbocycles. The number of rotatable bonds is 4. The molecule has 33 heavy (non-hydrogen) atoms. The molecular formula is C26H20Cl2N4O. The second-order valence-corrected chi connectivity index (χ2v) is 8.62. The minimum absolute atomic E-state index is 0.167. The van der Waals surface area contributed by atoms with E-state index >= 15 is 0 Å². The maximum atomic E-state index is 13.2. The van der Waals surface area contributed by atoms with Crippen molar-refractivity contribution in [2.75, 3.05) is 5.32 Å². The van der Waals surface area contributed by atoms with Gasteiger partial charge in [-0.25, -0.2) is 4.98 Å². The van der Waals surface area contributed by atoms with Crippen molar-refractivity contribution in [3.05, 3.63) is 97.9 Å². The van der Waals surface area contributed by atoms with Crippen molar-refractivity contribution in [2.45, 2.75) is 6.92 Å². The number of pyridine rings is 1. The third-order valence-corrected chi connectivity index (χ3v) is 6.39. The van der Waals surface area contributed by atoms with Crippen LogP contribution in [0.25, 0.3) is 34.0 Å². The Morgan fingerprint density at radius 1 is 0.970 bits per heavy atom. The number of aryl methyl sites for hydroxylation is 2. The van der Waals surface area contributed by atoms with Crippen molar-refractivity contribution in [2.24, 2.45) is 7.05 Å². The Morgan fingerprint density at radius 2 is 1.70 bits per heavy atom. The summed E-state index contributed by atoms with van der Waals surface area (Å²) in [4.78, 5) is 20.9. The van der Waals surface area contributed by atoms with Crippen LogP contribution in [0.4, 0.5) is 11.6 Å². The molecule has 0 radical (unpaired) electrons. The lowest BCUT2D eigenvalue weighted by Gasteiger charge is -2.11. The molecule has 164 valence electrons. The smallest absolute Gasteiger partial charge is 0.258 e. The molecule has 0 saturated heterocycles. The SMILES string of the molecule is Cc1c(/C=C/c2ccccc2)[nH]c(=O)c2c1ccc1nc(Nc3c(Cl)cccc3Cl)n(C)c12. The van der Waals surface area contributed by atoms with Crippen LogP contribution in [0.3, 0.4) is 0 Å². The van der Waals surface area contributed by atoms with E-state index in [0.717, 1.165) is 27.7 Å². The number of H-pyrrole nitrogens is 1. The summed E-state index contributed by atoms with van der Waals surface area (Å²) in [5.41, 5.74) is 4.67. The molecule has 0 aliphatic rings. The number of nitrogens with zero attached hydrogens (tertiary/aromatic N) is 2. The summed E-state index contributed by atoms with van der Waals surface area (Å²) in [6, 6.07) is 19.1. The number of aromatic amines is 1. The van der Waals surface area contributed by atoms with Gasteiger partial charge in [-0.1, -0.05) is 71.7 Å². The molecule has 0 amide bonds. The number of aromatic nitrogens is 3. The maximum absolute atomic E-state index is 13.2. The lowest BCUT2D eigenvalue weighted by Crippen LogP contribution is -2.11. The van der Waals surface area contributed by atoms with Crippen LogP contribution in [0.1, 0.15) is 16.8 Å². The molecule has 0 bridgehead atoms. The van der Waals surface area contributed by atoms with E-state index in [1.807, 2.05) is 73.2 Å². The number of hydrogen-bond acceptors (Lipinski definition) is 3. The fraction of sp³-hybridized carbons (Fsp3) is 0.0769. The molecule has 0 aliphatic heterocycles. The van der Waals surface area contributed by atoms with Gasteiger partial charge in [-0.05, 0) is 47.7 Å². The molecule has 0 atom stereocenters. The third kappa shape index (κ3) is 3.80. The number of anilines is 2. The first-order chi connectivity index (χ1) is 15.9. The quantitative estimate of drug-likeness (QED) is 0.296. The first-order valence-electron chi connectivity index (χ1n) is 10.4. The fourth-order valence-electron chi connectivity index (χ4n) is 4.02. The summed E-state index contributed by atoms with van der Waals surface area (Å²) in [6.07, 6.45) is 3.92. The van der Waals surface area contributed by atoms with E-state index in [1.165, 1.54) is 0 Å². The number of halogens is 2. The van der Waals surface area contributed by atoms with Crippen LogP contribution in [0, 0.1) is 6.92 Å². The van der Waals surface area contributed by atoms with Gasteiger partial charge in [0.25, 0.3) is 5.56 Å². The van der Waals surface area contributed by atoms with E-state index in [2.05, 4.69) is 15.3 Å². The van der Waals surface area contributed by atoms with Gasteiger partial charge in [0.2, 0.25) is 5.95 Å². The molecule has 5 aromatic rings. The van der Waals surface area contributed by atoms with Crippen LogP contribution >= 0.6 is 23.2 Å². The monoisotopic (exact) mass is 474 g/mol. The molecule has 2 heterocycles. The predicted molar refractivity (Wildman–Crippen MR) is 139 cm³/mol. The van der Waals surface area contributed by atoms with Gasteiger partial charge in [0.1, 0.15) is 0 Å². The van der Waals surface area contributed by atoms with Crippen molar-refractivity contribution < 1.29 is 0 Å². The molecule has 0 spiro atoms. The van der Waals surface area contributed by atoms with Crippen LogP contribution in [0.5, 0.6) is 0 Å². The van der Waals surface area contributed by atoms with E-state index in [0.29, 0.717) is 32.6 Å². The van der Waals surface area contributed by atoms with Crippen LogP contribution in [-0.2, 0) is 7.05 Å². The number of para-hydroxylation sites is 1. The highest BCUT2D eigenvalue weighted by Crippen LogP contribution is 2.34. The lowest BCUT2D eigenvalue weighted by atomic mass is 10.0. The summed E-state index contributed by atoms with van der Waals surface area (Å²) in [5.74, 6) is 0.539. The molecule has 7 heteroatoms. The zero-order valence-corrected chi connectivity index (χ0v) is 19.5. The summed E-state index contributed by atoms with van der Waals surface area (Å²) in [7, 11) is 1.86. The van der Waals surface area contributed by atoms with Gasteiger partial charge in [-0.15, -0.1) is 0 Å². The van der Waals surface area contributed by atoms with Gasteiger partial charge in [0.15, 0.2) is 0 Å². The van der Waals surface area contributed by atoms with E-state index < -0.39 is 0 Å². The minimum atomic E-state index is -0.167. The van der Waals surface area contributed by atoms with Gasteiger partial charge >= 0.3 is 0 Å². The molecule has 5 nitrogen and oxygen atoms in total. The maximum Gasteiger partial charge on any atom is 0.258 e. The standard InChI is InChI=1S/C26H20Cl2N4O/c1-15-17-12-14-21-24(32(2)26(30-21)31-23-18(27)9-6-10-19(23)28)22(17)25(33)29-20(15)13-11-16-7-4-3-5-8-16/h3-14H,1-2H3,(H,29,33)(H,30,31)/b13-11+. The third-order valence-electron chi connectivity index (χ3n) is 5.76. The summed E-state index contributed by atoms with van der Waals surface area (Å²) in [6.45, 7) is 2.01. The zero-order valence-electron chi connectivity index (χ0n) is 18.0. The van der Waals surface area contributed by atoms with Crippen molar-refractivity contribution in [1.82, 2.24) is 14.5 Å². The van der Waals surface area contributed by atoms with E-state index in [1.54, 1.807) is 18.2 Å². The summed E-state index contributed by atoms with van der Waals surface area (Å²) >= 11 is 12.6. The molecule has 0 saturated carbocycles. The van der Waals surface area contributed by atoms with Crippen LogP contribution < -0.4 is 10.9 Å². The Labute approximate surface area is 200 Å². The average molecular weight is 475 g/mol. The van der Waals surface area contributed by atoms with Crippen molar-refractivity contribution in [3.8, 4) is 0 Å². The normalized spacial score (nSPS) is 11.6. The van der Waals surface area contributed by atoms with E-state index in [9.17, 15) is 4.79 Å². The van der Waals surface area contributed by atoms with Gasteiger partial charge in [0.05, 0.1) is 32.2 Å². The number of benzene rings is 3. The topological polar surface area (TPSA) is 62.7 Å². The van der Waals surface area contributed by atoms with E-state index in [4.69, 9.17) is 23.2 Å². The fourth-order valence-corrected chi connectivity index (χ4v) is 4.51. The Hall–Kier alpha value is -3.54. The number of hydrogen-bond donors (Lipinski definition) is 2. The van der Waals surface area contributed by atoms with Gasteiger partial charge in [-0.2, -0.15) is 0 Å². The highest BCUT2D eigenvalue weighted by Gasteiger charge is 2.17. The highest BCUT2D eigenvalue weighted by atomic mass is 35.5. The van der Waals surface area contributed by atoms with Crippen LogP contribution in [0.2, 0.25) is 10.0 Å². The first-order valence-corrected chi connectivity index (χ1v) is 11.2. The molecule has 0 fully saturated rings. The number of fused-ring (bicyclic) bond motifs is 3. The number of imidazole rings is 1. The van der Waals surface area contributed by atoms with Gasteiger partial charge < -0.3 is 14.9 Å². The number of nitrogens with one attached hydrogen (secondary N) is 2. The molecule has 5 rings (SSSR count). The molecule has 2 aromatic heterocycles. The minimum Gasteiger partial charge on any atom is -0.323 e. The van der Waals surface area contributed by atoms with Crippen molar-refractivity contribution in [3.63, 3.8) is 0 Å². The first kappa shape index (κ1) is 21.3. The van der Waals surface area contributed by atoms with Crippen molar-refractivity contribution >= 4 is 68.8 Å². The Kier molecular flexibility index (Phi) is 5.44. The van der Waals surface area contributed by atoms with Crippen molar-refractivity contribution in [1.29, 1.82) is 0 Å². The molecule has 0 unspecified atom stereocenters. The summed E-state index contributed by atoms with van der Waals surface area (Å²) in [5, 5.41) is 5.66. The second kappa shape index (κ2) is 8.43. The van der Waals surface area contributed by atoms with Gasteiger partial charge in [0, 0.05) is 12.7 Å². The summed E-state index contributed by atoms with van der Waals surface area (Å²) < 4.78 is 1.85. The predicted octanol–water partition coefficient (Wildman–Crippen LogP) is 6.94. The average Bonchev–Trinajstić information content (AvgIpc) is 3.13. The zero-order chi connectivity index (χ0) is 23.1. The largest absolute Gasteiger partial charge is 0.323 e. The Morgan fingerprint density at radius 3 is 2.42 bits per heavy atom. The lowest BCUT2D eigenvalue weighted by molar-refractivity contribution is 0.960. The van der Waals surface area contributed by atoms with E-state index in [-0.39, 0.29) is 5.56 Å². The molecule has 3 aromatic carbocycles. The van der Waals surface area contributed by atoms with Gasteiger partial charge in [-0.3, -0.25) is 4.79 Å². The molecular weight excluding hydrogens is 455 g/mol. The Bertz CT molecular complexity index is 1580. The van der Waals surface area contributed by atoms with Crippen LogP contribution in [0.15, 0.2) is 65.5 Å². The second-order valence-electron chi connectivity index (χ2n) is 7.81. The van der Waals surface area contributed by atoms with Crippen LogP contribution in [-0.4, -0.2) is 14.5 Å².